The third kappa shape index (κ3) is 5.17. The molecule has 32 heavy (non-hydrogen) atoms. The molecule has 0 aliphatic carbocycles. The van der Waals surface area contributed by atoms with Gasteiger partial charge in [-0.05, 0) is 24.3 Å². The number of carbonyl (C=O) groups is 1. The molecule has 0 unspecified atom stereocenters. The van der Waals surface area contributed by atoms with Crippen molar-refractivity contribution in [2.45, 2.75) is 0 Å². The van der Waals surface area contributed by atoms with Crippen LogP contribution in [-0.2, 0) is 4.74 Å². The van der Waals surface area contributed by atoms with Gasteiger partial charge in [0.1, 0.15) is 29.2 Å². The number of aromatic nitrogens is 2. The molecular formula is C19H15ClN6O6. The molecule has 0 aliphatic heterocycles. The number of nitro groups is 1. The topological polar surface area (TPSA) is 176 Å². The second kappa shape index (κ2) is 9.57. The number of non-ortho nitro benzene ring substituents is 1. The maximum absolute atomic E-state index is 12.1. The fraction of sp³-hybridized carbons (Fsp3) is 0.0526. The van der Waals surface area contributed by atoms with Crippen molar-refractivity contribution in [3.63, 3.8) is 0 Å². The Kier molecular flexibility index (Phi) is 6.65. The predicted octanol–water partition coefficient (Wildman–Crippen LogP) is 4.00. The molecule has 1 heterocycles. The first-order valence-electron chi connectivity index (χ1n) is 8.72. The molecule has 1 amide bonds. The number of hydrogen-bond donors (Lipinski definition) is 3. The van der Waals surface area contributed by atoms with E-state index in [1.165, 1.54) is 55.9 Å². The van der Waals surface area contributed by atoms with E-state index in [1.807, 2.05) is 0 Å². The van der Waals surface area contributed by atoms with Gasteiger partial charge in [-0.2, -0.15) is 0 Å². The SMILES string of the molecule is COC(=N)c1c(N)ncnc1Oc1ccc(NC(=O)Oc2ccc([N+](=O)[O-])cc2)c(Cl)c1. The summed E-state index contributed by atoms with van der Waals surface area (Å²) in [4.78, 5) is 30.0. The van der Waals surface area contributed by atoms with E-state index < -0.39 is 11.0 Å². The molecule has 0 spiro atoms. The third-order valence-electron chi connectivity index (χ3n) is 3.92. The van der Waals surface area contributed by atoms with E-state index in [2.05, 4.69) is 15.3 Å². The van der Waals surface area contributed by atoms with Crippen LogP contribution in [0.2, 0.25) is 5.02 Å². The molecule has 0 aliphatic rings. The van der Waals surface area contributed by atoms with Crippen LogP contribution in [0.25, 0.3) is 0 Å². The van der Waals surface area contributed by atoms with Crippen molar-refractivity contribution >= 4 is 40.8 Å². The Morgan fingerprint density at radius 2 is 1.88 bits per heavy atom. The molecule has 13 heteroatoms. The van der Waals surface area contributed by atoms with Crippen LogP contribution in [0.5, 0.6) is 17.4 Å². The highest BCUT2D eigenvalue weighted by Crippen LogP contribution is 2.31. The Bertz CT molecular complexity index is 1190. The second-order valence-corrected chi connectivity index (χ2v) is 6.39. The van der Waals surface area contributed by atoms with Crippen LogP contribution in [-0.4, -0.2) is 34.0 Å². The Morgan fingerprint density at radius 3 is 2.50 bits per heavy atom. The number of hydrogen-bond acceptors (Lipinski definition) is 10. The second-order valence-electron chi connectivity index (χ2n) is 5.98. The van der Waals surface area contributed by atoms with E-state index in [4.69, 9.17) is 37.0 Å². The number of amides is 1. The van der Waals surface area contributed by atoms with E-state index in [0.717, 1.165) is 0 Å². The predicted molar refractivity (Wildman–Crippen MR) is 115 cm³/mol. The van der Waals surface area contributed by atoms with Crippen LogP contribution < -0.4 is 20.5 Å². The highest BCUT2D eigenvalue weighted by Gasteiger charge is 2.18. The smallest absolute Gasteiger partial charge is 0.417 e. The zero-order valence-corrected chi connectivity index (χ0v) is 17.1. The number of nitrogens with two attached hydrogens (primary N) is 1. The van der Waals surface area contributed by atoms with E-state index in [1.54, 1.807) is 0 Å². The summed E-state index contributed by atoms with van der Waals surface area (Å²) in [5.74, 6) is 0.0570. The summed E-state index contributed by atoms with van der Waals surface area (Å²) < 4.78 is 15.6. The van der Waals surface area contributed by atoms with Crippen LogP contribution in [0, 0.1) is 15.5 Å². The summed E-state index contributed by atoms with van der Waals surface area (Å²) >= 11 is 6.21. The molecule has 3 rings (SSSR count). The molecule has 12 nitrogen and oxygen atoms in total. The van der Waals surface area contributed by atoms with Crippen LogP contribution in [0.4, 0.5) is 22.0 Å². The first kappa shape index (κ1) is 22.2. The quantitative estimate of drug-likeness (QED) is 0.213. The molecular weight excluding hydrogens is 444 g/mol. The number of nitrogen functional groups attached to an aromatic ring is 1. The molecule has 164 valence electrons. The molecule has 2 aromatic carbocycles. The maximum atomic E-state index is 12.1. The van der Waals surface area contributed by atoms with Crippen molar-refractivity contribution in [1.29, 1.82) is 5.41 Å². The summed E-state index contributed by atoms with van der Waals surface area (Å²) in [6.45, 7) is 0. The lowest BCUT2D eigenvalue weighted by Gasteiger charge is -2.13. The zero-order chi connectivity index (χ0) is 23.3. The Morgan fingerprint density at radius 1 is 1.19 bits per heavy atom. The normalized spacial score (nSPS) is 10.2. The molecule has 0 atom stereocenters. The Labute approximate surface area is 185 Å². The van der Waals surface area contributed by atoms with Gasteiger partial charge in [0.2, 0.25) is 11.8 Å². The summed E-state index contributed by atoms with van der Waals surface area (Å²) in [5.41, 5.74) is 5.93. The van der Waals surface area contributed by atoms with Crippen molar-refractivity contribution < 1.29 is 23.9 Å². The number of nitrogens with zero attached hydrogens (tertiary/aromatic N) is 3. The van der Waals surface area contributed by atoms with Crippen molar-refractivity contribution in [3.05, 3.63) is 69.5 Å². The first-order chi connectivity index (χ1) is 15.3. The lowest BCUT2D eigenvalue weighted by atomic mass is 10.2. The summed E-state index contributed by atoms with van der Waals surface area (Å²) in [7, 11) is 1.30. The van der Waals surface area contributed by atoms with E-state index >= 15 is 0 Å². The van der Waals surface area contributed by atoms with Gasteiger partial charge in [0.15, 0.2) is 0 Å². The molecule has 0 saturated heterocycles. The molecule has 0 saturated carbocycles. The van der Waals surface area contributed by atoms with Crippen molar-refractivity contribution in [3.8, 4) is 17.4 Å². The highest BCUT2D eigenvalue weighted by molar-refractivity contribution is 6.33. The Hall–Kier alpha value is -4.45. The largest absolute Gasteiger partial charge is 0.481 e. The van der Waals surface area contributed by atoms with Crippen LogP contribution in [0.15, 0.2) is 48.8 Å². The zero-order valence-electron chi connectivity index (χ0n) is 16.4. The summed E-state index contributed by atoms with van der Waals surface area (Å²) in [6, 6.07) is 9.35. The van der Waals surface area contributed by atoms with Gasteiger partial charge < -0.3 is 19.9 Å². The number of anilines is 2. The molecule has 4 N–H and O–H groups in total. The number of halogens is 1. The monoisotopic (exact) mass is 458 g/mol. The van der Waals surface area contributed by atoms with Gasteiger partial charge in [-0.1, -0.05) is 11.6 Å². The van der Waals surface area contributed by atoms with Gasteiger partial charge in [0.25, 0.3) is 5.69 Å². The van der Waals surface area contributed by atoms with Gasteiger partial charge >= 0.3 is 6.09 Å². The maximum Gasteiger partial charge on any atom is 0.417 e. The van der Waals surface area contributed by atoms with Crippen LogP contribution in [0.3, 0.4) is 0 Å². The average Bonchev–Trinajstić information content (AvgIpc) is 2.75. The van der Waals surface area contributed by atoms with Gasteiger partial charge in [-0.25, -0.2) is 14.8 Å². The number of nitro benzene ring substituents is 1. The summed E-state index contributed by atoms with van der Waals surface area (Å²) in [5, 5.41) is 21.1. The minimum absolute atomic E-state index is 0.000207. The number of rotatable bonds is 6. The minimum Gasteiger partial charge on any atom is -0.481 e. The minimum atomic E-state index is -0.853. The van der Waals surface area contributed by atoms with E-state index in [-0.39, 0.29) is 51.1 Å². The number of nitrogens with one attached hydrogen (secondary N) is 2. The molecule has 0 radical (unpaired) electrons. The molecule has 1 aromatic heterocycles. The lowest BCUT2D eigenvalue weighted by molar-refractivity contribution is -0.384. The summed E-state index contributed by atoms with van der Waals surface area (Å²) in [6.07, 6.45) is 0.317. The van der Waals surface area contributed by atoms with Crippen LogP contribution >= 0.6 is 11.6 Å². The fourth-order valence-electron chi connectivity index (χ4n) is 2.43. The lowest BCUT2D eigenvalue weighted by Crippen LogP contribution is -2.17. The van der Waals surface area contributed by atoms with Crippen molar-refractivity contribution in [2.24, 2.45) is 0 Å². The van der Waals surface area contributed by atoms with E-state index in [9.17, 15) is 14.9 Å². The number of carbonyl (C=O) groups excluding carboxylic acids is 1. The molecule has 0 fully saturated rings. The van der Waals surface area contributed by atoms with Crippen molar-refractivity contribution in [1.82, 2.24) is 9.97 Å². The molecule has 0 bridgehead atoms. The van der Waals surface area contributed by atoms with Crippen LogP contribution in [0.1, 0.15) is 5.56 Å². The Balaban J connectivity index is 1.70. The van der Waals surface area contributed by atoms with E-state index in [0.29, 0.717) is 0 Å². The third-order valence-corrected chi connectivity index (χ3v) is 4.24. The van der Waals surface area contributed by atoms with Gasteiger partial charge in [0.05, 0.1) is 22.7 Å². The average molecular weight is 459 g/mol. The number of methoxy groups -OCH3 is 1. The first-order valence-corrected chi connectivity index (χ1v) is 9.10. The highest BCUT2D eigenvalue weighted by atomic mass is 35.5. The van der Waals surface area contributed by atoms with Gasteiger partial charge in [-0.15, -0.1) is 0 Å². The van der Waals surface area contributed by atoms with Crippen molar-refractivity contribution in [2.75, 3.05) is 18.2 Å². The standard InChI is InChI=1S/C19H15ClN6O6/c1-30-17(22)15-16(21)23-9-24-18(15)31-12-6-7-14(13(20)8-12)25-19(27)32-11-4-2-10(3-5-11)26(28)29/h2-9,22H,1H3,(H,25,27)(H2,21,23,24). The van der Waals surface area contributed by atoms with Gasteiger partial charge in [0, 0.05) is 18.2 Å². The number of ether oxygens (including phenoxy) is 3. The fourth-order valence-corrected chi connectivity index (χ4v) is 2.64. The molecule has 3 aromatic rings. The van der Waals surface area contributed by atoms with Gasteiger partial charge in [-0.3, -0.25) is 20.8 Å². The number of benzene rings is 2.